The van der Waals surface area contributed by atoms with Crippen molar-refractivity contribution in [3.05, 3.63) is 23.8 Å². The molecule has 1 aliphatic heterocycles. The van der Waals surface area contributed by atoms with Crippen molar-refractivity contribution in [2.24, 2.45) is 11.8 Å². The number of aliphatic hydroxyl groups is 1. The van der Waals surface area contributed by atoms with Crippen LogP contribution in [0.25, 0.3) is 0 Å². The number of ether oxygens (including phenoxy) is 5. The zero-order valence-corrected chi connectivity index (χ0v) is 30.7. The summed E-state index contributed by atoms with van der Waals surface area (Å²) in [6.45, 7) is 19.9. The van der Waals surface area contributed by atoms with Gasteiger partial charge in [-0.05, 0) is 90.3 Å². The Morgan fingerprint density at radius 2 is 1.68 bits per heavy atom. The van der Waals surface area contributed by atoms with Crippen LogP contribution in [0.4, 0.5) is 4.79 Å². The monoisotopic (exact) mass is 665 g/mol. The molecule has 11 heteroatoms. The van der Waals surface area contributed by atoms with Gasteiger partial charge in [-0.3, -0.25) is 9.69 Å². The third-order valence-corrected chi connectivity index (χ3v) is 8.76. The van der Waals surface area contributed by atoms with E-state index in [-0.39, 0.29) is 23.8 Å². The molecule has 0 aliphatic carbocycles. The van der Waals surface area contributed by atoms with Crippen LogP contribution in [0.2, 0.25) is 0 Å². The molecular formula is C36H63N3O8. The van der Waals surface area contributed by atoms with Gasteiger partial charge in [0.15, 0.2) is 11.5 Å². The van der Waals surface area contributed by atoms with Crippen molar-refractivity contribution in [3.8, 4) is 11.5 Å². The second-order valence-electron chi connectivity index (χ2n) is 14.9. The number of nitrogens with one attached hydrogen (secondary N) is 2. The number of benzene rings is 1. The topological polar surface area (TPSA) is 128 Å². The molecule has 0 unspecified atom stereocenters. The van der Waals surface area contributed by atoms with E-state index < -0.39 is 23.3 Å². The van der Waals surface area contributed by atoms with Gasteiger partial charge in [0.2, 0.25) is 5.91 Å². The molecule has 2 rings (SSSR count). The lowest BCUT2D eigenvalue weighted by Crippen LogP contribution is -2.62. The number of amides is 2. The van der Waals surface area contributed by atoms with Crippen LogP contribution in [-0.4, -0.2) is 105 Å². The van der Waals surface area contributed by atoms with Gasteiger partial charge in [0.1, 0.15) is 11.1 Å². The van der Waals surface area contributed by atoms with Gasteiger partial charge in [0.05, 0.1) is 33.0 Å². The third kappa shape index (κ3) is 14.2. The summed E-state index contributed by atoms with van der Waals surface area (Å²) in [5.74, 6) is 1.65. The number of rotatable bonds is 19. The summed E-state index contributed by atoms with van der Waals surface area (Å²) in [5.41, 5.74) is -1.31. The number of carbonyl (C=O) groups is 2. The van der Waals surface area contributed by atoms with E-state index in [9.17, 15) is 14.7 Å². The van der Waals surface area contributed by atoms with Crippen molar-refractivity contribution in [1.82, 2.24) is 15.5 Å². The molecule has 1 aromatic carbocycles. The van der Waals surface area contributed by atoms with Crippen LogP contribution >= 0.6 is 0 Å². The summed E-state index contributed by atoms with van der Waals surface area (Å²) in [6, 6.07) is 6.01. The molecule has 3 atom stereocenters. The molecule has 270 valence electrons. The molecule has 0 spiro atoms. The Hall–Kier alpha value is -2.60. The Balaban J connectivity index is 2.12. The molecule has 11 nitrogen and oxygen atoms in total. The van der Waals surface area contributed by atoms with Gasteiger partial charge in [-0.2, -0.15) is 0 Å². The average Bonchev–Trinajstić information content (AvgIpc) is 2.99. The lowest BCUT2D eigenvalue weighted by molar-refractivity contribution is -0.129. The van der Waals surface area contributed by atoms with E-state index in [2.05, 4.69) is 49.3 Å². The molecule has 1 saturated heterocycles. The highest BCUT2D eigenvalue weighted by atomic mass is 16.6. The van der Waals surface area contributed by atoms with Crippen molar-refractivity contribution in [3.63, 3.8) is 0 Å². The van der Waals surface area contributed by atoms with Crippen molar-refractivity contribution in [2.45, 2.75) is 110 Å². The first-order valence-electron chi connectivity index (χ1n) is 17.1. The fourth-order valence-electron chi connectivity index (χ4n) is 5.80. The summed E-state index contributed by atoms with van der Waals surface area (Å²) < 4.78 is 27.6. The normalized spacial score (nSPS) is 17.0. The van der Waals surface area contributed by atoms with Crippen LogP contribution in [-0.2, 0) is 25.4 Å². The third-order valence-electron chi connectivity index (χ3n) is 8.76. The number of hydrogen-bond donors (Lipinski definition) is 3. The van der Waals surface area contributed by atoms with Gasteiger partial charge in [0, 0.05) is 51.7 Å². The van der Waals surface area contributed by atoms with Gasteiger partial charge >= 0.3 is 6.09 Å². The van der Waals surface area contributed by atoms with E-state index >= 15 is 0 Å². The van der Waals surface area contributed by atoms with Crippen LogP contribution in [0.1, 0.15) is 86.6 Å². The second-order valence-corrected chi connectivity index (χ2v) is 14.9. The van der Waals surface area contributed by atoms with E-state index in [0.29, 0.717) is 56.8 Å². The minimum Gasteiger partial charge on any atom is -0.493 e. The van der Waals surface area contributed by atoms with Crippen molar-refractivity contribution >= 4 is 12.0 Å². The smallest absolute Gasteiger partial charge is 0.408 e. The standard InChI is InChI=1S/C36H63N3O8/c1-26(2)28(22-27-12-15-30(44-10)31(23-27)46-19-11-18-43-9)13-14-29(40)24-36(8,38-33(42)47-34(3,4)5)32(41)37-25-35(6,7)39-16-20-45-21-17-39/h12,15,23,26,28-29,40H,11,13-14,16-22,24-25H2,1-10H3,(H,37,41)(H,38,42)/t28-,29-,36+/m0/s1. The molecule has 3 N–H and O–H groups in total. The Kier molecular flexibility index (Phi) is 16.2. The molecule has 47 heavy (non-hydrogen) atoms. The number of methoxy groups -OCH3 is 2. The molecule has 1 heterocycles. The molecule has 0 saturated carbocycles. The van der Waals surface area contributed by atoms with E-state index in [1.54, 1.807) is 41.9 Å². The van der Waals surface area contributed by atoms with Crippen LogP contribution in [0.5, 0.6) is 11.5 Å². The number of morpholine rings is 1. The number of nitrogens with zero attached hydrogens (tertiary/aromatic N) is 1. The Morgan fingerprint density at radius 3 is 2.28 bits per heavy atom. The van der Waals surface area contributed by atoms with Gasteiger partial charge in [-0.15, -0.1) is 0 Å². The molecule has 1 aromatic rings. The largest absolute Gasteiger partial charge is 0.493 e. The van der Waals surface area contributed by atoms with Gasteiger partial charge in [0.25, 0.3) is 0 Å². The zero-order valence-electron chi connectivity index (χ0n) is 30.7. The van der Waals surface area contributed by atoms with Crippen LogP contribution in [0, 0.1) is 11.8 Å². The Morgan fingerprint density at radius 1 is 1.00 bits per heavy atom. The SMILES string of the molecule is COCCCOc1cc(C[C@H](CC[C@H](O)C[C@@](C)(NC(=O)OC(C)(C)C)C(=O)NCC(C)(C)N2CCOCC2)C(C)C)ccc1OC. The molecule has 1 aliphatic rings. The van der Waals surface area contributed by atoms with E-state index in [0.717, 1.165) is 37.9 Å². The highest BCUT2D eigenvalue weighted by molar-refractivity contribution is 5.89. The molecule has 0 bridgehead atoms. The zero-order chi connectivity index (χ0) is 35.3. The van der Waals surface area contributed by atoms with Crippen LogP contribution < -0.4 is 20.1 Å². The van der Waals surface area contributed by atoms with Crippen molar-refractivity contribution < 1.29 is 38.4 Å². The number of aliphatic hydroxyl groups excluding tert-OH is 1. The minimum absolute atomic E-state index is 0.0445. The number of alkyl carbamates (subject to hydrolysis) is 1. The molecular weight excluding hydrogens is 602 g/mol. The highest BCUT2D eigenvalue weighted by Gasteiger charge is 2.40. The summed E-state index contributed by atoms with van der Waals surface area (Å²) in [5, 5.41) is 17.2. The maximum Gasteiger partial charge on any atom is 0.408 e. The lowest BCUT2D eigenvalue weighted by atomic mass is 9.83. The van der Waals surface area contributed by atoms with E-state index in [1.165, 1.54) is 0 Å². The first-order chi connectivity index (χ1) is 22.0. The summed E-state index contributed by atoms with van der Waals surface area (Å²) >= 11 is 0. The Bertz CT molecular complexity index is 1100. The maximum atomic E-state index is 13.7. The predicted molar refractivity (Wildman–Crippen MR) is 184 cm³/mol. The molecule has 1 fully saturated rings. The van der Waals surface area contributed by atoms with Crippen molar-refractivity contribution in [1.29, 1.82) is 0 Å². The van der Waals surface area contributed by atoms with Gasteiger partial charge < -0.3 is 39.4 Å². The van der Waals surface area contributed by atoms with Gasteiger partial charge in [-0.1, -0.05) is 19.9 Å². The van der Waals surface area contributed by atoms with Gasteiger partial charge in [-0.25, -0.2) is 4.79 Å². The minimum atomic E-state index is -1.39. The van der Waals surface area contributed by atoms with E-state index in [4.69, 9.17) is 23.7 Å². The van der Waals surface area contributed by atoms with Crippen molar-refractivity contribution in [2.75, 3.05) is 60.3 Å². The second kappa shape index (κ2) is 18.8. The van der Waals surface area contributed by atoms with Crippen LogP contribution in [0.3, 0.4) is 0 Å². The summed E-state index contributed by atoms with van der Waals surface area (Å²) in [4.78, 5) is 28.9. The Labute approximate surface area is 283 Å². The summed E-state index contributed by atoms with van der Waals surface area (Å²) in [6.07, 6.45) is 1.30. The first kappa shape index (κ1) is 40.6. The molecule has 0 radical (unpaired) electrons. The predicted octanol–water partition coefficient (Wildman–Crippen LogP) is 4.97. The fourth-order valence-corrected chi connectivity index (χ4v) is 5.80. The van der Waals surface area contributed by atoms with Crippen LogP contribution in [0.15, 0.2) is 18.2 Å². The quantitative estimate of drug-likeness (QED) is 0.176. The first-order valence-corrected chi connectivity index (χ1v) is 17.1. The molecule has 0 aromatic heterocycles. The summed E-state index contributed by atoms with van der Waals surface area (Å²) in [7, 11) is 3.30. The number of hydrogen-bond acceptors (Lipinski definition) is 9. The molecule has 2 amide bonds. The lowest BCUT2D eigenvalue weighted by Gasteiger charge is -2.41. The van der Waals surface area contributed by atoms with E-state index in [1.807, 2.05) is 12.1 Å². The number of carbonyl (C=O) groups excluding carboxylic acids is 2. The fraction of sp³-hybridized carbons (Fsp3) is 0.778. The highest BCUT2D eigenvalue weighted by Crippen LogP contribution is 2.32. The maximum absolute atomic E-state index is 13.7. The average molecular weight is 666 g/mol.